The SMILES string of the molecule is CC(=O)OC[C@H]1O[C@@H](Oc2cc3c(O)cc(O)cc3[o+]c2-c2ccc(O)c(O)c2)[C@H](O)[C@@H](O)[C@@H]1O. The standard InChI is InChI=1S/C23H22O12/c1-9(24)32-8-18-19(29)20(30)21(31)23(35-18)34-17-7-12-14(27)5-11(25)6-16(12)33-22(17)10-2-3-13(26)15(28)4-10/h2-7,18-21,23,29-31H,8H2,1H3,(H3-,25,26,27,28)/p+1/t18-,19-,20+,21-,23-/m1/s1. The molecule has 0 bridgehead atoms. The number of aliphatic hydroxyl groups is 3. The van der Waals surface area contributed by atoms with Gasteiger partial charge in [-0.25, -0.2) is 4.42 Å². The van der Waals surface area contributed by atoms with E-state index in [4.69, 9.17) is 18.6 Å². The molecule has 2 aromatic carbocycles. The maximum atomic E-state index is 11.2. The van der Waals surface area contributed by atoms with Crippen molar-refractivity contribution in [2.75, 3.05) is 6.61 Å². The number of phenols is 4. The average molecular weight is 491 g/mol. The highest BCUT2D eigenvalue weighted by molar-refractivity contribution is 5.88. The summed E-state index contributed by atoms with van der Waals surface area (Å²) in [4.78, 5) is 11.2. The lowest BCUT2D eigenvalue weighted by molar-refractivity contribution is -0.278. The maximum Gasteiger partial charge on any atom is 0.402 e. The lowest BCUT2D eigenvalue weighted by Crippen LogP contribution is -2.60. The fraction of sp³-hybridized carbons (Fsp3) is 0.304. The number of carbonyl (C=O) groups excluding carboxylic acids is 1. The molecule has 12 heteroatoms. The highest BCUT2D eigenvalue weighted by Gasteiger charge is 2.46. The smallest absolute Gasteiger partial charge is 0.402 e. The number of hydrogen-bond donors (Lipinski definition) is 7. The van der Waals surface area contributed by atoms with Gasteiger partial charge in [-0.2, -0.15) is 0 Å². The Morgan fingerprint density at radius 1 is 0.943 bits per heavy atom. The Kier molecular flexibility index (Phi) is 6.54. The van der Waals surface area contributed by atoms with Gasteiger partial charge in [0, 0.05) is 25.1 Å². The first-order valence-electron chi connectivity index (χ1n) is 10.4. The van der Waals surface area contributed by atoms with Crippen LogP contribution >= 0.6 is 0 Å². The summed E-state index contributed by atoms with van der Waals surface area (Å²) in [6, 6.07) is 7.33. The highest BCUT2D eigenvalue weighted by Crippen LogP contribution is 2.42. The minimum atomic E-state index is -1.75. The Bertz CT molecular complexity index is 1260. The number of ether oxygens (including phenoxy) is 3. The van der Waals surface area contributed by atoms with Gasteiger partial charge in [0.1, 0.15) is 47.9 Å². The molecule has 4 rings (SSSR count). The van der Waals surface area contributed by atoms with Crippen LogP contribution in [0.3, 0.4) is 0 Å². The van der Waals surface area contributed by atoms with Crippen molar-refractivity contribution in [3.8, 4) is 40.1 Å². The summed E-state index contributed by atoms with van der Waals surface area (Å²) in [5.74, 6) is -2.38. The second-order valence-electron chi connectivity index (χ2n) is 7.96. The van der Waals surface area contributed by atoms with Gasteiger partial charge < -0.3 is 50.0 Å². The molecule has 1 aliphatic rings. The lowest BCUT2D eigenvalue weighted by atomic mass is 9.99. The molecule has 0 radical (unpaired) electrons. The third kappa shape index (κ3) is 4.86. The largest absolute Gasteiger partial charge is 0.507 e. The topological polar surface area (TPSA) is 198 Å². The van der Waals surface area contributed by atoms with Crippen LogP contribution < -0.4 is 4.74 Å². The fourth-order valence-corrected chi connectivity index (χ4v) is 3.61. The van der Waals surface area contributed by atoms with Crippen LogP contribution in [0.1, 0.15) is 6.92 Å². The minimum absolute atomic E-state index is 0.0331. The van der Waals surface area contributed by atoms with Crippen LogP contribution in [0.4, 0.5) is 0 Å². The van der Waals surface area contributed by atoms with Crippen molar-refractivity contribution < 1.29 is 59.2 Å². The summed E-state index contributed by atoms with van der Waals surface area (Å²) in [5, 5.41) is 70.7. The minimum Gasteiger partial charge on any atom is -0.507 e. The first-order valence-corrected chi connectivity index (χ1v) is 10.4. The lowest BCUT2D eigenvalue weighted by Gasteiger charge is -2.39. The van der Waals surface area contributed by atoms with Crippen LogP contribution in [-0.4, -0.2) is 79.0 Å². The van der Waals surface area contributed by atoms with Crippen molar-refractivity contribution in [2.24, 2.45) is 0 Å². The van der Waals surface area contributed by atoms with Crippen molar-refractivity contribution >= 4 is 16.9 Å². The van der Waals surface area contributed by atoms with Gasteiger partial charge in [0.15, 0.2) is 11.5 Å². The van der Waals surface area contributed by atoms with Gasteiger partial charge in [0.25, 0.3) is 0 Å². The van der Waals surface area contributed by atoms with Gasteiger partial charge in [0.05, 0.1) is 11.6 Å². The van der Waals surface area contributed by atoms with Crippen LogP contribution in [0.2, 0.25) is 0 Å². The number of aliphatic hydroxyl groups excluding tert-OH is 3. The molecule has 1 fully saturated rings. The number of fused-ring (bicyclic) bond motifs is 1. The molecule has 0 amide bonds. The number of aromatic hydroxyl groups is 4. The monoisotopic (exact) mass is 491 g/mol. The van der Waals surface area contributed by atoms with Gasteiger partial charge in [-0.3, -0.25) is 4.79 Å². The summed E-state index contributed by atoms with van der Waals surface area (Å²) >= 11 is 0. The van der Waals surface area contributed by atoms with Gasteiger partial charge in [-0.05, 0) is 12.1 Å². The molecule has 0 spiro atoms. The highest BCUT2D eigenvalue weighted by atomic mass is 16.7. The zero-order valence-electron chi connectivity index (χ0n) is 18.2. The van der Waals surface area contributed by atoms with E-state index < -0.39 is 54.8 Å². The van der Waals surface area contributed by atoms with E-state index in [1.807, 2.05) is 0 Å². The van der Waals surface area contributed by atoms with E-state index in [0.717, 1.165) is 19.1 Å². The number of benzene rings is 2. The summed E-state index contributed by atoms with van der Waals surface area (Å²) in [5.41, 5.74) is 0.230. The van der Waals surface area contributed by atoms with Crippen LogP contribution in [0.5, 0.6) is 28.7 Å². The molecule has 1 saturated heterocycles. The Balaban J connectivity index is 1.77. The van der Waals surface area contributed by atoms with Crippen molar-refractivity contribution in [2.45, 2.75) is 37.6 Å². The van der Waals surface area contributed by atoms with E-state index in [2.05, 4.69) is 0 Å². The molecule has 2 heterocycles. The van der Waals surface area contributed by atoms with Crippen LogP contribution in [0, 0.1) is 0 Å². The Labute approximate surface area is 197 Å². The summed E-state index contributed by atoms with van der Waals surface area (Å²) in [6.45, 7) is 0.718. The van der Waals surface area contributed by atoms with Crippen molar-refractivity contribution in [3.05, 3.63) is 36.4 Å². The third-order valence-electron chi connectivity index (χ3n) is 5.42. The van der Waals surface area contributed by atoms with Gasteiger partial charge in [0.2, 0.25) is 12.0 Å². The number of esters is 1. The van der Waals surface area contributed by atoms with E-state index in [9.17, 15) is 40.5 Å². The van der Waals surface area contributed by atoms with Crippen LogP contribution in [0.15, 0.2) is 40.8 Å². The molecule has 3 aromatic rings. The van der Waals surface area contributed by atoms with Gasteiger partial charge in [-0.15, -0.1) is 0 Å². The fourth-order valence-electron chi connectivity index (χ4n) is 3.61. The molecule has 7 N–H and O–H groups in total. The molecular formula is C23H23O12+. The molecule has 1 aliphatic heterocycles. The van der Waals surface area contributed by atoms with Crippen LogP contribution in [-0.2, 0) is 14.3 Å². The Hall–Kier alpha value is -3.84. The quantitative estimate of drug-likeness (QED) is 0.152. The van der Waals surface area contributed by atoms with E-state index in [1.165, 1.54) is 24.3 Å². The Morgan fingerprint density at radius 2 is 1.69 bits per heavy atom. The Morgan fingerprint density at radius 3 is 2.37 bits per heavy atom. The number of hydrogen-bond acceptors (Lipinski definition) is 11. The van der Waals surface area contributed by atoms with E-state index in [0.29, 0.717) is 0 Å². The van der Waals surface area contributed by atoms with E-state index in [-0.39, 0.29) is 39.5 Å². The average Bonchev–Trinajstić information content (AvgIpc) is 2.80. The van der Waals surface area contributed by atoms with Crippen molar-refractivity contribution in [3.63, 3.8) is 0 Å². The normalized spacial score (nSPS) is 24.3. The number of carbonyl (C=O) groups is 1. The van der Waals surface area contributed by atoms with Crippen molar-refractivity contribution in [1.29, 1.82) is 0 Å². The molecule has 5 atom stereocenters. The molecule has 1 aromatic heterocycles. The molecular weight excluding hydrogens is 468 g/mol. The number of phenolic OH excluding ortho intramolecular Hbond substituents is 4. The molecule has 12 nitrogen and oxygen atoms in total. The first kappa shape index (κ1) is 24.3. The van der Waals surface area contributed by atoms with E-state index >= 15 is 0 Å². The van der Waals surface area contributed by atoms with Crippen LogP contribution in [0.25, 0.3) is 22.3 Å². The second-order valence-corrected chi connectivity index (χ2v) is 7.96. The molecule has 35 heavy (non-hydrogen) atoms. The molecule has 0 unspecified atom stereocenters. The van der Waals surface area contributed by atoms with Gasteiger partial charge >= 0.3 is 17.3 Å². The maximum absolute atomic E-state index is 11.2. The zero-order chi connectivity index (χ0) is 25.4. The molecule has 0 saturated carbocycles. The molecule has 186 valence electrons. The summed E-state index contributed by atoms with van der Waals surface area (Å²) < 4.78 is 22.0. The zero-order valence-corrected chi connectivity index (χ0v) is 18.2. The third-order valence-corrected chi connectivity index (χ3v) is 5.42. The second kappa shape index (κ2) is 9.43. The predicted octanol–water partition coefficient (Wildman–Crippen LogP) is 0.953. The van der Waals surface area contributed by atoms with Crippen molar-refractivity contribution in [1.82, 2.24) is 0 Å². The van der Waals surface area contributed by atoms with E-state index in [1.54, 1.807) is 0 Å². The summed E-state index contributed by atoms with van der Waals surface area (Å²) in [7, 11) is 0. The predicted molar refractivity (Wildman–Crippen MR) is 117 cm³/mol. The molecule has 0 aliphatic carbocycles. The first-order chi connectivity index (χ1) is 16.5. The summed E-state index contributed by atoms with van der Waals surface area (Å²) in [6.07, 6.45) is -7.90. The number of rotatable bonds is 5. The van der Waals surface area contributed by atoms with Gasteiger partial charge in [-0.1, -0.05) is 0 Å².